The van der Waals surface area contributed by atoms with Crippen LogP contribution in [0.25, 0.3) is 11.4 Å². The topological polar surface area (TPSA) is 80.9 Å². The van der Waals surface area contributed by atoms with E-state index in [0.717, 1.165) is 12.0 Å². The second kappa shape index (κ2) is 5.48. The molecule has 0 amide bonds. The Kier molecular flexibility index (Phi) is 3.67. The van der Waals surface area contributed by atoms with Crippen molar-refractivity contribution in [2.24, 2.45) is 5.41 Å². The molecule has 1 fully saturated rings. The first-order valence-corrected chi connectivity index (χ1v) is 8.01. The zero-order chi connectivity index (χ0) is 14.9. The molecule has 1 aliphatic rings. The SMILES string of the molecule is CSc1ccc(-c2nnnn2CC2(C(=O)O)CCC2)cc1. The Balaban J connectivity index is 1.88. The number of nitrogens with zero attached hydrogens (tertiary/aromatic N) is 4. The van der Waals surface area contributed by atoms with Gasteiger partial charge in [-0.1, -0.05) is 18.6 Å². The van der Waals surface area contributed by atoms with Crippen LogP contribution in [0.3, 0.4) is 0 Å². The largest absolute Gasteiger partial charge is 0.481 e. The Morgan fingerprint density at radius 2 is 2.10 bits per heavy atom. The Morgan fingerprint density at radius 3 is 2.62 bits per heavy atom. The summed E-state index contributed by atoms with van der Waals surface area (Å²) in [5, 5.41) is 21.2. The lowest BCUT2D eigenvalue weighted by Crippen LogP contribution is -2.42. The van der Waals surface area contributed by atoms with Crippen molar-refractivity contribution >= 4 is 17.7 Å². The first-order chi connectivity index (χ1) is 10.1. The van der Waals surface area contributed by atoms with E-state index in [4.69, 9.17) is 0 Å². The normalized spacial score (nSPS) is 16.4. The zero-order valence-corrected chi connectivity index (χ0v) is 12.5. The smallest absolute Gasteiger partial charge is 0.311 e. The van der Waals surface area contributed by atoms with Gasteiger partial charge in [0.15, 0.2) is 5.82 Å². The van der Waals surface area contributed by atoms with E-state index in [1.54, 1.807) is 16.4 Å². The second-order valence-electron chi connectivity index (χ2n) is 5.33. The number of carboxylic acid groups (broad SMARTS) is 1. The monoisotopic (exact) mass is 304 g/mol. The number of rotatable bonds is 5. The molecule has 0 bridgehead atoms. The molecule has 0 radical (unpaired) electrons. The van der Waals surface area contributed by atoms with E-state index in [1.807, 2.05) is 30.5 Å². The van der Waals surface area contributed by atoms with Gasteiger partial charge in [0.05, 0.1) is 12.0 Å². The molecule has 0 spiro atoms. The van der Waals surface area contributed by atoms with Crippen molar-refractivity contribution in [1.82, 2.24) is 20.2 Å². The van der Waals surface area contributed by atoms with Gasteiger partial charge in [-0.25, -0.2) is 4.68 Å². The summed E-state index contributed by atoms with van der Waals surface area (Å²) in [4.78, 5) is 12.6. The predicted molar refractivity (Wildman–Crippen MR) is 79.0 cm³/mol. The molecule has 3 rings (SSSR count). The Hall–Kier alpha value is -1.89. The molecule has 0 unspecified atom stereocenters. The first kappa shape index (κ1) is 14.1. The molecule has 1 aromatic heterocycles. The van der Waals surface area contributed by atoms with Crippen LogP contribution in [0.2, 0.25) is 0 Å². The van der Waals surface area contributed by atoms with Crippen LogP contribution in [-0.4, -0.2) is 37.5 Å². The summed E-state index contributed by atoms with van der Waals surface area (Å²) in [6.45, 7) is 0.328. The lowest BCUT2D eigenvalue weighted by molar-refractivity contribution is -0.156. The average molecular weight is 304 g/mol. The number of aliphatic carboxylic acids is 1. The van der Waals surface area contributed by atoms with Crippen LogP contribution in [-0.2, 0) is 11.3 Å². The summed E-state index contributed by atoms with van der Waals surface area (Å²) < 4.78 is 1.61. The number of thioether (sulfide) groups is 1. The molecule has 1 aromatic carbocycles. The van der Waals surface area contributed by atoms with Gasteiger partial charge < -0.3 is 5.11 Å². The highest BCUT2D eigenvalue weighted by Crippen LogP contribution is 2.43. The highest BCUT2D eigenvalue weighted by Gasteiger charge is 2.45. The predicted octanol–water partition coefficient (Wildman–Crippen LogP) is 2.32. The van der Waals surface area contributed by atoms with Crippen molar-refractivity contribution in [2.75, 3.05) is 6.26 Å². The molecule has 2 aromatic rings. The maximum absolute atomic E-state index is 11.5. The van der Waals surface area contributed by atoms with Gasteiger partial charge >= 0.3 is 5.97 Å². The van der Waals surface area contributed by atoms with Gasteiger partial charge in [-0.2, -0.15) is 0 Å². The van der Waals surface area contributed by atoms with E-state index in [1.165, 1.54) is 4.90 Å². The number of benzene rings is 1. The summed E-state index contributed by atoms with van der Waals surface area (Å²) >= 11 is 1.67. The molecular formula is C14H16N4O2S. The molecule has 6 nitrogen and oxygen atoms in total. The minimum absolute atomic E-state index is 0.328. The molecule has 0 aliphatic heterocycles. The molecular weight excluding hydrogens is 288 g/mol. The van der Waals surface area contributed by atoms with Crippen LogP contribution >= 0.6 is 11.8 Å². The summed E-state index contributed by atoms with van der Waals surface area (Å²) in [6.07, 6.45) is 4.35. The molecule has 0 atom stereocenters. The molecule has 7 heteroatoms. The van der Waals surface area contributed by atoms with Crippen molar-refractivity contribution < 1.29 is 9.90 Å². The van der Waals surface area contributed by atoms with Gasteiger partial charge in [-0.05, 0) is 41.7 Å². The summed E-state index contributed by atoms with van der Waals surface area (Å²) in [5.74, 6) is -0.136. The molecule has 1 saturated carbocycles. The minimum Gasteiger partial charge on any atom is -0.481 e. The number of hydrogen-bond donors (Lipinski definition) is 1. The standard InChI is InChI=1S/C14H16N4O2S/c1-21-11-5-3-10(4-6-11)12-15-16-17-18(12)9-14(13(19)20)7-2-8-14/h3-6H,2,7-9H2,1H3,(H,19,20). The van der Waals surface area contributed by atoms with Crippen LogP contribution in [0.4, 0.5) is 0 Å². The van der Waals surface area contributed by atoms with Crippen molar-refractivity contribution in [3.05, 3.63) is 24.3 Å². The van der Waals surface area contributed by atoms with E-state index in [-0.39, 0.29) is 0 Å². The number of aromatic nitrogens is 4. The molecule has 1 heterocycles. The third-order valence-corrected chi connectivity index (χ3v) is 4.84. The van der Waals surface area contributed by atoms with E-state index in [2.05, 4.69) is 15.5 Å². The lowest BCUT2D eigenvalue weighted by atomic mass is 9.69. The van der Waals surface area contributed by atoms with Crippen molar-refractivity contribution in [2.45, 2.75) is 30.7 Å². The van der Waals surface area contributed by atoms with Crippen molar-refractivity contribution in [1.29, 1.82) is 0 Å². The maximum Gasteiger partial charge on any atom is 0.311 e. The first-order valence-electron chi connectivity index (χ1n) is 6.79. The molecule has 0 saturated heterocycles. The number of carboxylic acids is 1. The number of hydrogen-bond acceptors (Lipinski definition) is 5. The van der Waals surface area contributed by atoms with Gasteiger partial charge in [0.1, 0.15) is 0 Å². The second-order valence-corrected chi connectivity index (χ2v) is 6.21. The van der Waals surface area contributed by atoms with Gasteiger partial charge in [0.2, 0.25) is 0 Å². The van der Waals surface area contributed by atoms with E-state index in [9.17, 15) is 9.90 Å². The Bertz CT molecular complexity index is 649. The van der Waals surface area contributed by atoms with Crippen LogP contribution in [0, 0.1) is 5.41 Å². The lowest BCUT2D eigenvalue weighted by Gasteiger charge is -2.37. The molecule has 1 N–H and O–H groups in total. The third-order valence-electron chi connectivity index (χ3n) is 4.10. The molecule has 110 valence electrons. The fourth-order valence-corrected chi connectivity index (χ4v) is 3.00. The Morgan fingerprint density at radius 1 is 1.38 bits per heavy atom. The van der Waals surface area contributed by atoms with E-state index < -0.39 is 11.4 Å². The number of carbonyl (C=O) groups is 1. The summed E-state index contributed by atoms with van der Waals surface area (Å²) in [6, 6.07) is 7.94. The molecule has 21 heavy (non-hydrogen) atoms. The number of tetrazole rings is 1. The fraction of sp³-hybridized carbons (Fsp3) is 0.429. The Labute approximate surface area is 126 Å². The van der Waals surface area contributed by atoms with Crippen molar-refractivity contribution in [3.8, 4) is 11.4 Å². The summed E-state index contributed by atoms with van der Waals surface area (Å²) in [5.41, 5.74) is 0.196. The maximum atomic E-state index is 11.5. The fourth-order valence-electron chi connectivity index (χ4n) is 2.59. The van der Waals surface area contributed by atoms with Crippen LogP contribution in [0.1, 0.15) is 19.3 Å². The van der Waals surface area contributed by atoms with Gasteiger partial charge in [0.25, 0.3) is 0 Å². The van der Waals surface area contributed by atoms with Gasteiger partial charge in [-0.15, -0.1) is 16.9 Å². The van der Waals surface area contributed by atoms with Crippen molar-refractivity contribution in [3.63, 3.8) is 0 Å². The molecule has 1 aliphatic carbocycles. The third kappa shape index (κ3) is 2.53. The highest BCUT2D eigenvalue weighted by atomic mass is 32.2. The highest BCUT2D eigenvalue weighted by molar-refractivity contribution is 7.98. The minimum atomic E-state index is -0.757. The van der Waals surface area contributed by atoms with Gasteiger partial charge in [-0.3, -0.25) is 4.79 Å². The summed E-state index contributed by atoms with van der Waals surface area (Å²) in [7, 11) is 0. The quantitative estimate of drug-likeness (QED) is 0.854. The van der Waals surface area contributed by atoms with Crippen LogP contribution in [0.5, 0.6) is 0 Å². The van der Waals surface area contributed by atoms with E-state index >= 15 is 0 Å². The average Bonchev–Trinajstić information content (AvgIpc) is 2.90. The van der Waals surface area contributed by atoms with E-state index in [0.29, 0.717) is 25.2 Å². The van der Waals surface area contributed by atoms with Crippen LogP contribution < -0.4 is 0 Å². The van der Waals surface area contributed by atoms with Gasteiger partial charge in [0, 0.05) is 10.5 Å². The zero-order valence-electron chi connectivity index (χ0n) is 11.7. The van der Waals surface area contributed by atoms with Crippen LogP contribution in [0.15, 0.2) is 29.2 Å².